The SMILES string of the molecule is Cc1cc2ccccc2nc1NCC1CCN(C)C1. The van der Waals surface area contributed by atoms with Gasteiger partial charge in [0.05, 0.1) is 5.52 Å². The molecule has 0 radical (unpaired) electrons. The van der Waals surface area contributed by atoms with Gasteiger partial charge in [0.15, 0.2) is 0 Å². The molecule has 1 aliphatic rings. The summed E-state index contributed by atoms with van der Waals surface area (Å²) in [6.45, 7) is 5.56. The zero-order valence-electron chi connectivity index (χ0n) is 11.7. The van der Waals surface area contributed by atoms with Gasteiger partial charge in [0, 0.05) is 18.5 Å². The van der Waals surface area contributed by atoms with Crippen LogP contribution in [-0.2, 0) is 0 Å². The first-order chi connectivity index (χ1) is 9.22. The number of hydrogen-bond donors (Lipinski definition) is 1. The summed E-state index contributed by atoms with van der Waals surface area (Å²) in [6, 6.07) is 10.5. The molecule has 19 heavy (non-hydrogen) atoms. The molecular formula is C16H21N3. The number of fused-ring (bicyclic) bond motifs is 1. The van der Waals surface area contributed by atoms with Gasteiger partial charge in [-0.05, 0) is 50.6 Å². The third-order valence-electron chi connectivity index (χ3n) is 3.96. The largest absolute Gasteiger partial charge is 0.370 e. The van der Waals surface area contributed by atoms with Gasteiger partial charge in [0.25, 0.3) is 0 Å². The maximum absolute atomic E-state index is 4.73. The van der Waals surface area contributed by atoms with Crippen LogP contribution in [0.25, 0.3) is 10.9 Å². The minimum atomic E-state index is 0.748. The fourth-order valence-corrected chi connectivity index (χ4v) is 2.83. The number of para-hydroxylation sites is 1. The second kappa shape index (κ2) is 5.17. The minimum Gasteiger partial charge on any atom is -0.370 e. The Balaban J connectivity index is 1.75. The molecule has 0 spiro atoms. The van der Waals surface area contributed by atoms with Crippen molar-refractivity contribution in [2.45, 2.75) is 13.3 Å². The Labute approximate surface area is 114 Å². The first-order valence-electron chi connectivity index (χ1n) is 7.01. The van der Waals surface area contributed by atoms with Gasteiger partial charge in [-0.2, -0.15) is 0 Å². The Kier molecular flexibility index (Phi) is 3.38. The van der Waals surface area contributed by atoms with Crippen molar-refractivity contribution in [3.63, 3.8) is 0 Å². The van der Waals surface area contributed by atoms with Gasteiger partial charge in [0.1, 0.15) is 5.82 Å². The zero-order chi connectivity index (χ0) is 13.2. The van der Waals surface area contributed by atoms with Crippen LogP contribution in [0.15, 0.2) is 30.3 Å². The molecule has 0 bridgehead atoms. The van der Waals surface area contributed by atoms with Crippen molar-refractivity contribution in [3.05, 3.63) is 35.9 Å². The van der Waals surface area contributed by atoms with Gasteiger partial charge >= 0.3 is 0 Å². The second-order valence-electron chi connectivity index (χ2n) is 5.64. The number of benzene rings is 1. The Hall–Kier alpha value is -1.61. The maximum Gasteiger partial charge on any atom is 0.129 e. The molecule has 2 heterocycles. The molecule has 3 heteroatoms. The number of pyridine rings is 1. The molecule has 1 aromatic carbocycles. The number of nitrogens with one attached hydrogen (secondary N) is 1. The highest BCUT2D eigenvalue weighted by atomic mass is 15.1. The van der Waals surface area contributed by atoms with Crippen molar-refractivity contribution in [1.29, 1.82) is 0 Å². The van der Waals surface area contributed by atoms with E-state index in [-0.39, 0.29) is 0 Å². The van der Waals surface area contributed by atoms with E-state index in [4.69, 9.17) is 4.98 Å². The van der Waals surface area contributed by atoms with Gasteiger partial charge < -0.3 is 10.2 Å². The summed E-state index contributed by atoms with van der Waals surface area (Å²) >= 11 is 0. The van der Waals surface area contributed by atoms with E-state index in [9.17, 15) is 0 Å². The Morgan fingerprint density at radius 2 is 2.21 bits per heavy atom. The molecule has 0 amide bonds. The Morgan fingerprint density at radius 1 is 1.37 bits per heavy atom. The van der Waals surface area contributed by atoms with Crippen LogP contribution < -0.4 is 5.32 Å². The van der Waals surface area contributed by atoms with E-state index in [2.05, 4.69) is 48.5 Å². The number of hydrogen-bond acceptors (Lipinski definition) is 3. The second-order valence-corrected chi connectivity index (χ2v) is 5.64. The summed E-state index contributed by atoms with van der Waals surface area (Å²) in [5.74, 6) is 1.78. The molecule has 1 saturated heterocycles. The third-order valence-corrected chi connectivity index (χ3v) is 3.96. The van der Waals surface area contributed by atoms with Crippen LogP contribution in [0.1, 0.15) is 12.0 Å². The van der Waals surface area contributed by atoms with E-state index in [0.29, 0.717) is 0 Å². The van der Waals surface area contributed by atoms with E-state index in [1.54, 1.807) is 0 Å². The molecule has 1 aromatic heterocycles. The number of nitrogens with zero attached hydrogens (tertiary/aromatic N) is 2. The van der Waals surface area contributed by atoms with Crippen LogP contribution in [-0.4, -0.2) is 36.6 Å². The minimum absolute atomic E-state index is 0.748. The molecule has 1 N–H and O–H groups in total. The molecule has 100 valence electrons. The lowest BCUT2D eigenvalue weighted by Gasteiger charge is -2.14. The van der Waals surface area contributed by atoms with Crippen molar-refractivity contribution in [2.75, 3.05) is 32.0 Å². The van der Waals surface area contributed by atoms with Crippen molar-refractivity contribution in [2.24, 2.45) is 5.92 Å². The van der Waals surface area contributed by atoms with E-state index in [0.717, 1.165) is 23.8 Å². The molecule has 1 fully saturated rings. The molecule has 1 atom stereocenters. The van der Waals surface area contributed by atoms with E-state index < -0.39 is 0 Å². The predicted octanol–water partition coefficient (Wildman–Crippen LogP) is 2.91. The van der Waals surface area contributed by atoms with Gasteiger partial charge in [-0.25, -0.2) is 4.98 Å². The highest BCUT2D eigenvalue weighted by Gasteiger charge is 2.19. The molecule has 1 unspecified atom stereocenters. The van der Waals surface area contributed by atoms with Gasteiger partial charge in [0.2, 0.25) is 0 Å². The third kappa shape index (κ3) is 2.71. The van der Waals surface area contributed by atoms with Crippen molar-refractivity contribution < 1.29 is 0 Å². The van der Waals surface area contributed by atoms with Gasteiger partial charge in [-0.15, -0.1) is 0 Å². The van der Waals surface area contributed by atoms with Gasteiger partial charge in [-0.3, -0.25) is 0 Å². The average Bonchev–Trinajstić information content (AvgIpc) is 2.82. The highest BCUT2D eigenvalue weighted by molar-refractivity contribution is 5.81. The fraction of sp³-hybridized carbons (Fsp3) is 0.438. The molecule has 2 aromatic rings. The monoisotopic (exact) mass is 255 g/mol. The van der Waals surface area contributed by atoms with Crippen LogP contribution in [0, 0.1) is 12.8 Å². The standard InChI is InChI=1S/C16H21N3/c1-12-9-14-5-3-4-6-15(14)18-16(12)17-10-13-7-8-19(2)11-13/h3-6,9,13H,7-8,10-11H2,1-2H3,(H,17,18). The first-order valence-corrected chi connectivity index (χ1v) is 7.01. The summed E-state index contributed by atoms with van der Waals surface area (Å²) in [7, 11) is 2.19. The predicted molar refractivity (Wildman–Crippen MR) is 80.6 cm³/mol. The van der Waals surface area contributed by atoms with Gasteiger partial charge in [-0.1, -0.05) is 18.2 Å². The van der Waals surface area contributed by atoms with Crippen LogP contribution in [0.4, 0.5) is 5.82 Å². The fourth-order valence-electron chi connectivity index (χ4n) is 2.83. The first kappa shape index (κ1) is 12.4. The summed E-state index contributed by atoms with van der Waals surface area (Å²) in [6.07, 6.45) is 1.29. The molecule has 3 rings (SSSR count). The molecular weight excluding hydrogens is 234 g/mol. The van der Waals surface area contributed by atoms with Crippen LogP contribution in [0.2, 0.25) is 0 Å². The van der Waals surface area contributed by atoms with Crippen LogP contribution in [0.3, 0.4) is 0 Å². The Morgan fingerprint density at radius 3 is 3.00 bits per heavy atom. The topological polar surface area (TPSA) is 28.2 Å². The lowest BCUT2D eigenvalue weighted by atomic mass is 10.1. The van der Waals surface area contributed by atoms with E-state index in [1.807, 2.05) is 6.07 Å². The smallest absolute Gasteiger partial charge is 0.129 e. The van der Waals surface area contributed by atoms with Crippen LogP contribution >= 0.6 is 0 Å². The molecule has 3 nitrogen and oxygen atoms in total. The van der Waals surface area contributed by atoms with Crippen molar-refractivity contribution in [3.8, 4) is 0 Å². The summed E-state index contributed by atoms with van der Waals surface area (Å²) in [4.78, 5) is 7.13. The summed E-state index contributed by atoms with van der Waals surface area (Å²) in [5, 5.41) is 4.74. The van der Waals surface area contributed by atoms with Crippen molar-refractivity contribution >= 4 is 16.7 Å². The molecule has 1 aliphatic heterocycles. The number of rotatable bonds is 3. The number of aromatic nitrogens is 1. The average molecular weight is 255 g/mol. The molecule has 0 saturated carbocycles. The number of aryl methyl sites for hydroxylation is 1. The lowest BCUT2D eigenvalue weighted by molar-refractivity contribution is 0.399. The quantitative estimate of drug-likeness (QED) is 0.914. The van der Waals surface area contributed by atoms with E-state index in [1.165, 1.54) is 30.5 Å². The van der Waals surface area contributed by atoms with Crippen LogP contribution in [0.5, 0.6) is 0 Å². The zero-order valence-corrected chi connectivity index (χ0v) is 11.7. The number of anilines is 1. The number of likely N-dealkylation sites (tertiary alicyclic amines) is 1. The normalized spacial score (nSPS) is 20.0. The lowest BCUT2D eigenvalue weighted by Crippen LogP contribution is -2.19. The van der Waals surface area contributed by atoms with E-state index >= 15 is 0 Å². The highest BCUT2D eigenvalue weighted by Crippen LogP contribution is 2.21. The maximum atomic E-state index is 4.73. The van der Waals surface area contributed by atoms with Crippen molar-refractivity contribution in [1.82, 2.24) is 9.88 Å². The molecule has 0 aliphatic carbocycles. The Bertz CT molecular complexity index is 579. The summed E-state index contributed by atoms with van der Waals surface area (Å²) in [5.41, 5.74) is 2.30. The summed E-state index contributed by atoms with van der Waals surface area (Å²) < 4.78 is 0.